The summed E-state index contributed by atoms with van der Waals surface area (Å²) >= 11 is 2.18. The number of nitrogens with zero attached hydrogens (tertiary/aromatic N) is 3. The molecule has 0 aliphatic rings. The molecule has 0 aliphatic carbocycles. The Hall–Kier alpha value is -3.07. The van der Waals surface area contributed by atoms with Crippen LogP contribution in [-0.4, -0.2) is 21.0 Å². The second-order valence-corrected chi connectivity index (χ2v) is 6.92. The van der Waals surface area contributed by atoms with Crippen molar-refractivity contribution >= 4 is 34.2 Å². The van der Waals surface area contributed by atoms with Gasteiger partial charge in [-0.3, -0.25) is 9.78 Å². The van der Waals surface area contributed by atoms with E-state index in [9.17, 15) is 4.79 Å². The maximum Gasteiger partial charge on any atom is 0.260 e. The Bertz CT molecular complexity index is 1100. The highest BCUT2D eigenvalue weighted by molar-refractivity contribution is 14.1. The number of pyridine rings is 1. The van der Waals surface area contributed by atoms with E-state index in [2.05, 4.69) is 43.0 Å². The fraction of sp³-hybridized carbons (Fsp3) is 0. The average molecular weight is 468 g/mol. The predicted octanol–water partition coefficient (Wildman–Crippen LogP) is 4.66. The third kappa shape index (κ3) is 3.87. The van der Waals surface area contributed by atoms with Gasteiger partial charge in [-0.05, 0) is 65.1 Å². The summed E-state index contributed by atoms with van der Waals surface area (Å²) in [5.41, 5.74) is 2.59. The first-order valence-electron chi connectivity index (χ1n) is 8.11. The molecule has 1 N–H and O–H groups in total. The number of halogens is 1. The molecule has 0 saturated heterocycles. The maximum absolute atomic E-state index is 12.6. The van der Waals surface area contributed by atoms with E-state index in [1.54, 1.807) is 30.6 Å². The SMILES string of the molecule is O=C(Nc1ccccc1-c1nc(-c2cccnc2)no1)c1cccc(I)c1. The first kappa shape index (κ1) is 17.3. The van der Waals surface area contributed by atoms with Crippen LogP contribution in [-0.2, 0) is 0 Å². The van der Waals surface area contributed by atoms with E-state index in [1.165, 1.54) is 0 Å². The van der Waals surface area contributed by atoms with E-state index in [0.29, 0.717) is 28.5 Å². The Morgan fingerprint density at radius 2 is 1.93 bits per heavy atom. The highest BCUT2D eigenvalue weighted by Crippen LogP contribution is 2.28. The number of amides is 1. The molecular formula is C20H13IN4O2. The number of rotatable bonds is 4. The van der Waals surface area contributed by atoms with Crippen molar-refractivity contribution in [3.8, 4) is 22.8 Å². The van der Waals surface area contributed by atoms with Gasteiger partial charge in [0.05, 0.1) is 11.3 Å². The number of hydrogen-bond donors (Lipinski definition) is 1. The van der Waals surface area contributed by atoms with E-state index in [-0.39, 0.29) is 5.91 Å². The van der Waals surface area contributed by atoms with Crippen molar-refractivity contribution in [2.24, 2.45) is 0 Å². The van der Waals surface area contributed by atoms with Crippen LogP contribution in [0, 0.1) is 3.57 Å². The van der Waals surface area contributed by atoms with Gasteiger partial charge in [0.1, 0.15) is 0 Å². The van der Waals surface area contributed by atoms with Crippen molar-refractivity contribution in [2.45, 2.75) is 0 Å². The van der Waals surface area contributed by atoms with Crippen LogP contribution in [0.5, 0.6) is 0 Å². The topological polar surface area (TPSA) is 80.9 Å². The average Bonchev–Trinajstić information content (AvgIpc) is 3.19. The zero-order valence-corrected chi connectivity index (χ0v) is 16.1. The summed E-state index contributed by atoms with van der Waals surface area (Å²) in [7, 11) is 0. The van der Waals surface area contributed by atoms with Crippen molar-refractivity contribution in [3.05, 3.63) is 82.2 Å². The molecule has 7 heteroatoms. The van der Waals surface area contributed by atoms with Gasteiger partial charge in [0.2, 0.25) is 5.82 Å². The molecule has 0 radical (unpaired) electrons. The summed E-state index contributed by atoms with van der Waals surface area (Å²) in [6.45, 7) is 0. The van der Waals surface area contributed by atoms with E-state index in [0.717, 1.165) is 9.13 Å². The van der Waals surface area contributed by atoms with E-state index in [4.69, 9.17) is 4.52 Å². The number of nitrogens with one attached hydrogen (secondary N) is 1. The van der Waals surface area contributed by atoms with Gasteiger partial charge in [-0.15, -0.1) is 0 Å². The zero-order valence-electron chi connectivity index (χ0n) is 14.0. The van der Waals surface area contributed by atoms with Gasteiger partial charge in [0, 0.05) is 27.1 Å². The summed E-state index contributed by atoms with van der Waals surface area (Å²) in [6.07, 6.45) is 3.35. The summed E-state index contributed by atoms with van der Waals surface area (Å²) in [4.78, 5) is 21.1. The molecule has 27 heavy (non-hydrogen) atoms. The van der Waals surface area contributed by atoms with E-state index < -0.39 is 0 Å². The van der Waals surface area contributed by atoms with Crippen LogP contribution in [0.3, 0.4) is 0 Å². The first-order chi connectivity index (χ1) is 13.2. The maximum atomic E-state index is 12.6. The Kier molecular flexibility index (Phi) is 4.93. The fourth-order valence-corrected chi connectivity index (χ4v) is 3.09. The molecule has 4 rings (SSSR count). The second kappa shape index (κ2) is 7.67. The van der Waals surface area contributed by atoms with Gasteiger partial charge < -0.3 is 9.84 Å². The number of para-hydroxylation sites is 1. The molecule has 0 spiro atoms. The molecule has 0 saturated carbocycles. The zero-order chi connectivity index (χ0) is 18.6. The van der Waals surface area contributed by atoms with Crippen LogP contribution in [0.2, 0.25) is 0 Å². The van der Waals surface area contributed by atoms with Crippen molar-refractivity contribution in [1.82, 2.24) is 15.1 Å². The van der Waals surface area contributed by atoms with Crippen LogP contribution < -0.4 is 5.32 Å². The smallest absolute Gasteiger partial charge is 0.260 e. The number of aromatic nitrogens is 3. The third-order valence-electron chi connectivity index (χ3n) is 3.84. The van der Waals surface area contributed by atoms with Crippen molar-refractivity contribution in [1.29, 1.82) is 0 Å². The Morgan fingerprint density at radius 3 is 2.74 bits per heavy atom. The number of benzene rings is 2. The lowest BCUT2D eigenvalue weighted by Crippen LogP contribution is -2.12. The molecule has 0 aliphatic heterocycles. The molecule has 2 aromatic carbocycles. The van der Waals surface area contributed by atoms with Crippen LogP contribution in [0.1, 0.15) is 10.4 Å². The Morgan fingerprint density at radius 1 is 1.04 bits per heavy atom. The van der Waals surface area contributed by atoms with Gasteiger partial charge in [-0.1, -0.05) is 23.4 Å². The third-order valence-corrected chi connectivity index (χ3v) is 4.51. The predicted molar refractivity (Wildman–Crippen MR) is 110 cm³/mol. The van der Waals surface area contributed by atoms with Gasteiger partial charge in [-0.25, -0.2) is 0 Å². The second-order valence-electron chi connectivity index (χ2n) is 5.67. The molecular weight excluding hydrogens is 455 g/mol. The summed E-state index contributed by atoms with van der Waals surface area (Å²) in [5.74, 6) is 0.567. The highest BCUT2D eigenvalue weighted by Gasteiger charge is 2.16. The van der Waals surface area contributed by atoms with E-state index in [1.807, 2.05) is 42.5 Å². The van der Waals surface area contributed by atoms with Gasteiger partial charge in [-0.2, -0.15) is 4.98 Å². The minimum Gasteiger partial charge on any atom is -0.334 e. The van der Waals surface area contributed by atoms with Crippen LogP contribution >= 0.6 is 22.6 Å². The molecule has 0 fully saturated rings. The summed E-state index contributed by atoms with van der Waals surface area (Å²) in [5, 5.41) is 6.93. The number of anilines is 1. The Labute approximate surface area is 168 Å². The monoisotopic (exact) mass is 468 g/mol. The fourth-order valence-electron chi connectivity index (χ4n) is 2.55. The molecule has 2 aromatic heterocycles. The molecule has 132 valence electrons. The van der Waals surface area contributed by atoms with Crippen LogP contribution in [0.15, 0.2) is 77.6 Å². The molecule has 4 aromatic rings. The summed E-state index contributed by atoms with van der Waals surface area (Å²) in [6, 6.07) is 18.4. The van der Waals surface area contributed by atoms with Crippen molar-refractivity contribution in [3.63, 3.8) is 0 Å². The number of hydrogen-bond acceptors (Lipinski definition) is 5. The quantitative estimate of drug-likeness (QED) is 0.441. The van der Waals surface area contributed by atoms with Crippen LogP contribution in [0.25, 0.3) is 22.8 Å². The van der Waals surface area contributed by atoms with Crippen molar-refractivity contribution < 1.29 is 9.32 Å². The standard InChI is InChI=1S/C20H13IN4O2/c21-15-7-3-5-13(11-15)19(26)23-17-9-2-1-8-16(17)20-24-18(25-27-20)14-6-4-10-22-12-14/h1-12H,(H,23,26). The lowest BCUT2D eigenvalue weighted by molar-refractivity contribution is 0.102. The molecule has 0 bridgehead atoms. The normalized spacial score (nSPS) is 10.6. The molecule has 0 unspecified atom stereocenters. The minimum absolute atomic E-state index is 0.201. The lowest BCUT2D eigenvalue weighted by Gasteiger charge is -2.08. The molecule has 1 amide bonds. The number of carbonyl (C=O) groups is 1. The van der Waals surface area contributed by atoms with Gasteiger partial charge >= 0.3 is 0 Å². The highest BCUT2D eigenvalue weighted by atomic mass is 127. The van der Waals surface area contributed by atoms with Gasteiger partial charge in [0.15, 0.2) is 0 Å². The Balaban J connectivity index is 1.64. The number of carbonyl (C=O) groups excluding carboxylic acids is 1. The van der Waals surface area contributed by atoms with Crippen LogP contribution in [0.4, 0.5) is 5.69 Å². The molecule has 0 atom stereocenters. The molecule has 6 nitrogen and oxygen atoms in total. The summed E-state index contributed by atoms with van der Waals surface area (Å²) < 4.78 is 6.40. The first-order valence-corrected chi connectivity index (χ1v) is 9.19. The van der Waals surface area contributed by atoms with E-state index >= 15 is 0 Å². The largest absolute Gasteiger partial charge is 0.334 e. The lowest BCUT2D eigenvalue weighted by atomic mass is 10.1. The molecule has 2 heterocycles. The minimum atomic E-state index is -0.201. The van der Waals surface area contributed by atoms with Crippen molar-refractivity contribution in [2.75, 3.05) is 5.32 Å². The van der Waals surface area contributed by atoms with Gasteiger partial charge in [0.25, 0.3) is 11.8 Å².